The molecule has 5 nitrogen and oxygen atoms in total. The maximum Gasteiger partial charge on any atom is 0.254 e. The third kappa shape index (κ3) is 4.52. The Morgan fingerprint density at radius 2 is 1.67 bits per heavy atom. The van der Waals surface area contributed by atoms with Crippen molar-refractivity contribution in [3.63, 3.8) is 0 Å². The average Bonchev–Trinajstić information content (AvgIpc) is 2.80. The molecule has 154 valence electrons. The number of aryl methyl sites for hydroxylation is 1. The van der Waals surface area contributed by atoms with Crippen LogP contribution in [0.15, 0.2) is 67.0 Å². The van der Waals surface area contributed by atoms with Crippen molar-refractivity contribution >= 4 is 5.91 Å². The van der Waals surface area contributed by atoms with Gasteiger partial charge in [0.15, 0.2) is 0 Å². The smallest absolute Gasteiger partial charge is 0.254 e. The van der Waals surface area contributed by atoms with E-state index in [2.05, 4.69) is 28.1 Å². The molecule has 5 heteroatoms. The van der Waals surface area contributed by atoms with E-state index in [1.54, 1.807) is 19.5 Å². The first kappa shape index (κ1) is 20.1. The van der Waals surface area contributed by atoms with Gasteiger partial charge < -0.3 is 9.64 Å². The zero-order valence-corrected chi connectivity index (χ0v) is 17.5. The molecule has 0 atom stereocenters. The van der Waals surface area contributed by atoms with Gasteiger partial charge in [0.05, 0.1) is 7.11 Å². The van der Waals surface area contributed by atoms with E-state index in [1.165, 1.54) is 5.56 Å². The molecule has 30 heavy (non-hydrogen) atoms. The number of benzene rings is 2. The Morgan fingerprint density at radius 3 is 2.33 bits per heavy atom. The van der Waals surface area contributed by atoms with Crippen LogP contribution in [0.5, 0.6) is 5.75 Å². The van der Waals surface area contributed by atoms with Gasteiger partial charge in [0.1, 0.15) is 5.75 Å². The molecule has 0 bridgehead atoms. The number of carbonyl (C=O) groups is 1. The fraction of sp³-hybridized carbons (Fsp3) is 0.280. The summed E-state index contributed by atoms with van der Waals surface area (Å²) in [5.74, 6) is 0.979. The lowest BCUT2D eigenvalue weighted by Crippen LogP contribution is -2.48. The SMILES string of the molecule is COc1ccc(CN2CCN(C(=O)c3cc(C)ccc3-c3ccncc3)CC2)cc1. The molecule has 1 saturated heterocycles. The zero-order valence-electron chi connectivity index (χ0n) is 17.5. The molecule has 0 unspecified atom stereocenters. The first-order chi connectivity index (χ1) is 14.6. The monoisotopic (exact) mass is 401 g/mol. The fourth-order valence-electron chi connectivity index (χ4n) is 3.89. The lowest BCUT2D eigenvalue weighted by molar-refractivity contribution is 0.0629. The van der Waals surface area contributed by atoms with Crippen molar-refractivity contribution in [1.82, 2.24) is 14.8 Å². The van der Waals surface area contributed by atoms with E-state index in [1.807, 2.05) is 48.2 Å². The quantitative estimate of drug-likeness (QED) is 0.648. The van der Waals surface area contributed by atoms with Crippen LogP contribution in [-0.4, -0.2) is 54.0 Å². The lowest BCUT2D eigenvalue weighted by Gasteiger charge is -2.35. The molecule has 1 aliphatic rings. The Hall–Kier alpha value is -3.18. The first-order valence-corrected chi connectivity index (χ1v) is 10.3. The van der Waals surface area contributed by atoms with Crippen molar-refractivity contribution in [1.29, 1.82) is 0 Å². The molecule has 1 aliphatic heterocycles. The van der Waals surface area contributed by atoms with Crippen molar-refractivity contribution in [2.75, 3.05) is 33.3 Å². The van der Waals surface area contributed by atoms with Gasteiger partial charge in [-0.1, -0.05) is 29.8 Å². The Labute approximate surface area is 177 Å². The van der Waals surface area contributed by atoms with Gasteiger partial charge in [0.25, 0.3) is 5.91 Å². The summed E-state index contributed by atoms with van der Waals surface area (Å²) in [6, 6.07) is 18.2. The molecule has 2 heterocycles. The Kier molecular flexibility index (Phi) is 6.10. The third-order valence-corrected chi connectivity index (χ3v) is 5.62. The molecule has 0 N–H and O–H groups in total. The number of nitrogens with zero attached hydrogens (tertiary/aromatic N) is 3. The number of methoxy groups -OCH3 is 1. The third-order valence-electron chi connectivity index (χ3n) is 5.62. The Morgan fingerprint density at radius 1 is 0.967 bits per heavy atom. The van der Waals surface area contributed by atoms with E-state index >= 15 is 0 Å². The fourth-order valence-corrected chi connectivity index (χ4v) is 3.89. The summed E-state index contributed by atoms with van der Waals surface area (Å²) in [5.41, 5.74) is 5.11. The van der Waals surface area contributed by atoms with Crippen LogP contribution in [0.25, 0.3) is 11.1 Å². The van der Waals surface area contributed by atoms with Crippen LogP contribution in [0.4, 0.5) is 0 Å². The minimum Gasteiger partial charge on any atom is -0.497 e. The minimum atomic E-state index is 0.106. The highest BCUT2D eigenvalue weighted by molar-refractivity contribution is 6.01. The summed E-state index contributed by atoms with van der Waals surface area (Å²) >= 11 is 0. The molecule has 1 fully saturated rings. The Balaban J connectivity index is 1.44. The predicted octanol–water partition coefficient (Wildman–Crippen LogP) is 4.02. The maximum atomic E-state index is 13.4. The van der Waals surface area contributed by atoms with E-state index in [0.29, 0.717) is 0 Å². The largest absolute Gasteiger partial charge is 0.497 e. The molecule has 0 spiro atoms. The van der Waals surface area contributed by atoms with Crippen LogP contribution < -0.4 is 4.74 Å². The van der Waals surface area contributed by atoms with Gasteiger partial charge in [-0.3, -0.25) is 14.7 Å². The molecule has 1 aromatic heterocycles. The van der Waals surface area contributed by atoms with E-state index in [0.717, 1.165) is 60.7 Å². The minimum absolute atomic E-state index is 0.106. The number of carbonyl (C=O) groups excluding carboxylic acids is 1. The number of aromatic nitrogens is 1. The second-order valence-corrected chi connectivity index (χ2v) is 7.70. The highest BCUT2D eigenvalue weighted by Crippen LogP contribution is 2.26. The standard InChI is InChI=1S/C25H27N3O2/c1-19-3-8-23(21-9-11-26-12-10-21)24(17-19)25(29)28-15-13-27(14-16-28)18-20-4-6-22(30-2)7-5-20/h3-12,17H,13-16,18H2,1-2H3. The zero-order chi connectivity index (χ0) is 20.9. The number of rotatable bonds is 5. The second-order valence-electron chi connectivity index (χ2n) is 7.70. The van der Waals surface area contributed by atoms with Crippen LogP contribution in [0.1, 0.15) is 21.5 Å². The van der Waals surface area contributed by atoms with Crippen LogP contribution >= 0.6 is 0 Å². The van der Waals surface area contributed by atoms with Crippen molar-refractivity contribution in [2.24, 2.45) is 0 Å². The number of pyridine rings is 1. The summed E-state index contributed by atoms with van der Waals surface area (Å²) in [4.78, 5) is 21.8. The molecule has 2 aromatic carbocycles. The van der Waals surface area contributed by atoms with Gasteiger partial charge in [-0.15, -0.1) is 0 Å². The summed E-state index contributed by atoms with van der Waals surface area (Å²) < 4.78 is 5.23. The molecule has 0 saturated carbocycles. The van der Waals surface area contributed by atoms with E-state index in [-0.39, 0.29) is 5.91 Å². The Bertz CT molecular complexity index is 995. The normalized spacial score (nSPS) is 14.5. The highest BCUT2D eigenvalue weighted by atomic mass is 16.5. The van der Waals surface area contributed by atoms with E-state index in [9.17, 15) is 4.79 Å². The summed E-state index contributed by atoms with van der Waals surface area (Å²) in [6.45, 7) is 6.12. The molecule has 0 aliphatic carbocycles. The van der Waals surface area contributed by atoms with Crippen molar-refractivity contribution < 1.29 is 9.53 Å². The second kappa shape index (κ2) is 9.09. The van der Waals surface area contributed by atoms with Gasteiger partial charge in [-0.2, -0.15) is 0 Å². The van der Waals surface area contributed by atoms with Crippen molar-refractivity contribution in [3.05, 3.63) is 83.7 Å². The molecular formula is C25H27N3O2. The molecular weight excluding hydrogens is 374 g/mol. The molecule has 0 radical (unpaired) electrons. The van der Waals surface area contributed by atoms with Crippen molar-refractivity contribution in [2.45, 2.75) is 13.5 Å². The number of piperazine rings is 1. The molecule has 1 amide bonds. The van der Waals surface area contributed by atoms with Gasteiger partial charge in [-0.25, -0.2) is 0 Å². The van der Waals surface area contributed by atoms with Crippen LogP contribution in [0.2, 0.25) is 0 Å². The van der Waals surface area contributed by atoms with Crippen LogP contribution in [0, 0.1) is 6.92 Å². The summed E-state index contributed by atoms with van der Waals surface area (Å²) in [6.07, 6.45) is 3.53. The van der Waals surface area contributed by atoms with Crippen LogP contribution in [0.3, 0.4) is 0 Å². The van der Waals surface area contributed by atoms with Gasteiger partial charge in [0, 0.05) is 50.7 Å². The number of hydrogen-bond acceptors (Lipinski definition) is 4. The van der Waals surface area contributed by atoms with E-state index < -0.39 is 0 Å². The maximum absolute atomic E-state index is 13.4. The molecule has 4 rings (SSSR count). The summed E-state index contributed by atoms with van der Waals surface area (Å²) in [5, 5.41) is 0. The predicted molar refractivity (Wildman–Crippen MR) is 119 cm³/mol. The lowest BCUT2D eigenvalue weighted by atomic mass is 9.97. The number of ether oxygens (including phenoxy) is 1. The molecule has 3 aromatic rings. The van der Waals surface area contributed by atoms with Gasteiger partial charge in [0.2, 0.25) is 0 Å². The first-order valence-electron chi connectivity index (χ1n) is 10.3. The van der Waals surface area contributed by atoms with Crippen LogP contribution in [-0.2, 0) is 6.54 Å². The topological polar surface area (TPSA) is 45.7 Å². The summed E-state index contributed by atoms with van der Waals surface area (Å²) in [7, 11) is 1.68. The van der Waals surface area contributed by atoms with E-state index in [4.69, 9.17) is 4.74 Å². The van der Waals surface area contributed by atoms with Crippen molar-refractivity contribution in [3.8, 4) is 16.9 Å². The highest BCUT2D eigenvalue weighted by Gasteiger charge is 2.24. The number of amides is 1. The van der Waals surface area contributed by atoms with Gasteiger partial charge >= 0.3 is 0 Å². The van der Waals surface area contributed by atoms with Gasteiger partial charge in [-0.05, 0) is 53.9 Å². The average molecular weight is 402 g/mol. The number of hydrogen-bond donors (Lipinski definition) is 0.